The maximum absolute atomic E-state index is 5.74. The van der Waals surface area contributed by atoms with Crippen molar-refractivity contribution in [1.29, 1.82) is 0 Å². The van der Waals surface area contributed by atoms with Gasteiger partial charge in [0, 0.05) is 32.3 Å². The Morgan fingerprint density at radius 3 is 2.84 bits per heavy atom. The summed E-state index contributed by atoms with van der Waals surface area (Å²) in [5.41, 5.74) is 5.74. The number of hydrogen-bond acceptors (Lipinski definition) is 4. The minimum absolute atomic E-state index is 0.694. The van der Waals surface area contributed by atoms with Crippen LogP contribution in [0.4, 0.5) is 0 Å². The summed E-state index contributed by atoms with van der Waals surface area (Å²) in [7, 11) is 0. The second-order valence-electron chi connectivity index (χ2n) is 6.06. The molecule has 0 aromatic carbocycles. The fourth-order valence-electron chi connectivity index (χ4n) is 3.47. The molecule has 2 rings (SSSR count). The second-order valence-corrected chi connectivity index (χ2v) is 6.06. The molecule has 2 aliphatic heterocycles. The monoisotopic (exact) mass is 269 g/mol. The molecule has 0 amide bonds. The van der Waals surface area contributed by atoms with Gasteiger partial charge in [-0.05, 0) is 51.2 Å². The van der Waals surface area contributed by atoms with Gasteiger partial charge in [-0.3, -0.25) is 4.90 Å². The predicted octanol–water partition coefficient (Wildman–Crippen LogP) is 1.16. The van der Waals surface area contributed by atoms with E-state index in [1.165, 1.54) is 52.0 Å². The second kappa shape index (κ2) is 8.20. The highest BCUT2D eigenvalue weighted by atomic mass is 16.5. The Balaban J connectivity index is 1.76. The average molecular weight is 269 g/mol. The Hall–Kier alpha value is -0.160. The molecule has 2 aliphatic rings. The highest BCUT2D eigenvalue weighted by Crippen LogP contribution is 2.17. The van der Waals surface area contributed by atoms with Crippen molar-refractivity contribution in [1.82, 2.24) is 9.80 Å². The molecule has 2 saturated heterocycles. The smallest absolute Gasteiger partial charge is 0.0507 e. The molecule has 4 nitrogen and oxygen atoms in total. The van der Waals surface area contributed by atoms with Gasteiger partial charge >= 0.3 is 0 Å². The van der Waals surface area contributed by atoms with Crippen LogP contribution in [0.25, 0.3) is 0 Å². The zero-order chi connectivity index (χ0) is 13.5. The molecular formula is C15H31N3O. The first-order chi connectivity index (χ1) is 9.33. The third kappa shape index (κ3) is 4.71. The third-order valence-corrected chi connectivity index (χ3v) is 4.65. The van der Waals surface area contributed by atoms with Gasteiger partial charge in [0.05, 0.1) is 6.61 Å². The minimum Gasteiger partial charge on any atom is -0.381 e. The molecule has 2 fully saturated rings. The highest BCUT2D eigenvalue weighted by molar-refractivity contribution is 4.78. The van der Waals surface area contributed by atoms with E-state index in [2.05, 4.69) is 16.7 Å². The van der Waals surface area contributed by atoms with E-state index in [1.54, 1.807) is 0 Å². The number of nitrogens with zero attached hydrogens (tertiary/aromatic N) is 2. The highest BCUT2D eigenvalue weighted by Gasteiger charge is 2.23. The van der Waals surface area contributed by atoms with Gasteiger partial charge in [0.2, 0.25) is 0 Å². The van der Waals surface area contributed by atoms with Crippen molar-refractivity contribution < 1.29 is 4.74 Å². The maximum atomic E-state index is 5.74. The summed E-state index contributed by atoms with van der Waals surface area (Å²) in [6.45, 7) is 11.2. The van der Waals surface area contributed by atoms with Crippen LogP contribution in [0.2, 0.25) is 0 Å². The molecule has 0 spiro atoms. The Bertz CT molecular complexity index is 244. The topological polar surface area (TPSA) is 41.7 Å². The standard InChI is InChI=1S/C15H31N3O/c1-2-15(4-6-16)18-8-3-7-17(9-10-18)12-14-5-11-19-13-14/h14-15H,2-13,16H2,1H3. The van der Waals surface area contributed by atoms with Crippen LogP contribution in [0.15, 0.2) is 0 Å². The van der Waals surface area contributed by atoms with E-state index in [9.17, 15) is 0 Å². The Labute approximate surface area is 118 Å². The summed E-state index contributed by atoms with van der Waals surface area (Å²) in [6, 6.07) is 0.694. The van der Waals surface area contributed by atoms with Gasteiger partial charge in [0.1, 0.15) is 0 Å². The van der Waals surface area contributed by atoms with Crippen LogP contribution in [0.3, 0.4) is 0 Å². The summed E-state index contributed by atoms with van der Waals surface area (Å²) in [4.78, 5) is 5.31. The zero-order valence-corrected chi connectivity index (χ0v) is 12.5. The Kier molecular flexibility index (Phi) is 6.57. The quantitative estimate of drug-likeness (QED) is 0.786. The summed E-state index contributed by atoms with van der Waals surface area (Å²) in [5, 5.41) is 0. The summed E-state index contributed by atoms with van der Waals surface area (Å²) in [5.74, 6) is 0.776. The van der Waals surface area contributed by atoms with Crippen LogP contribution in [0.1, 0.15) is 32.6 Å². The molecule has 0 radical (unpaired) electrons. The summed E-state index contributed by atoms with van der Waals surface area (Å²) >= 11 is 0. The maximum Gasteiger partial charge on any atom is 0.0507 e. The zero-order valence-electron chi connectivity index (χ0n) is 12.5. The molecule has 4 heteroatoms. The number of rotatable bonds is 6. The lowest BCUT2D eigenvalue weighted by Crippen LogP contribution is -2.39. The molecule has 2 heterocycles. The van der Waals surface area contributed by atoms with E-state index in [1.807, 2.05) is 0 Å². The molecule has 0 aromatic rings. The van der Waals surface area contributed by atoms with Crippen LogP contribution in [-0.4, -0.2) is 68.3 Å². The lowest BCUT2D eigenvalue weighted by Gasteiger charge is -2.30. The summed E-state index contributed by atoms with van der Waals surface area (Å²) in [6.07, 6.45) is 4.93. The van der Waals surface area contributed by atoms with Crippen LogP contribution < -0.4 is 5.73 Å². The first-order valence-corrected chi connectivity index (χ1v) is 8.07. The van der Waals surface area contributed by atoms with Crippen LogP contribution in [0, 0.1) is 5.92 Å². The molecule has 2 N–H and O–H groups in total. The van der Waals surface area contributed by atoms with Crippen molar-refractivity contribution in [3.63, 3.8) is 0 Å². The van der Waals surface area contributed by atoms with Crippen molar-refractivity contribution in [2.75, 3.05) is 52.5 Å². The molecule has 112 valence electrons. The van der Waals surface area contributed by atoms with E-state index < -0.39 is 0 Å². The van der Waals surface area contributed by atoms with Gasteiger partial charge in [0.15, 0.2) is 0 Å². The van der Waals surface area contributed by atoms with E-state index in [4.69, 9.17) is 10.5 Å². The van der Waals surface area contributed by atoms with Gasteiger partial charge in [-0.1, -0.05) is 6.92 Å². The first-order valence-electron chi connectivity index (χ1n) is 8.07. The Morgan fingerprint density at radius 2 is 2.16 bits per heavy atom. The third-order valence-electron chi connectivity index (χ3n) is 4.65. The van der Waals surface area contributed by atoms with Crippen LogP contribution in [-0.2, 0) is 4.74 Å². The molecule has 0 aliphatic carbocycles. The van der Waals surface area contributed by atoms with Crippen LogP contribution in [0.5, 0.6) is 0 Å². The molecular weight excluding hydrogens is 238 g/mol. The lowest BCUT2D eigenvalue weighted by molar-refractivity contribution is 0.161. The van der Waals surface area contributed by atoms with E-state index in [0.717, 1.165) is 32.1 Å². The fraction of sp³-hybridized carbons (Fsp3) is 1.00. The van der Waals surface area contributed by atoms with E-state index >= 15 is 0 Å². The molecule has 19 heavy (non-hydrogen) atoms. The van der Waals surface area contributed by atoms with Crippen molar-refractivity contribution in [2.45, 2.75) is 38.6 Å². The normalized spacial score (nSPS) is 28.4. The van der Waals surface area contributed by atoms with Gasteiger partial charge in [0.25, 0.3) is 0 Å². The molecule has 0 bridgehead atoms. The first kappa shape index (κ1) is 15.2. The van der Waals surface area contributed by atoms with Gasteiger partial charge < -0.3 is 15.4 Å². The predicted molar refractivity (Wildman–Crippen MR) is 79.3 cm³/mol. The molecule has 2 unspecified atom stereocenters. The van der Waals surface area contributed by atoms with Gasteiger partial charge in [-0.15, -0.1) is 0 Å². The van der Waals surface area contributed by atoms with Crippen molar-refractivity contribution in [3.05, 3.63) is 0 Å². The molecule has 0 saturated carbocycles. The van der Waals surface area contributed by atoms with Crippen molar-refractivity contribution >= 4 is 0 Å². The lowest BCUT2D eigenvalue weighted by atomic mass is 10.1. The Morgan fingerprint density at radius 1 is 1.26 bits per heavy atom. The largest absolute Gasteiger partial charge is 0.381 e. The fourth-order valence-corrected chi connectivity index (χ4v) is 3.47. The van der Waals surface area contributed by atoms with Gasteiger partial charge in [-0.25, -0.2) is 0 Å². The minimum atomic E-state index is 0.694. The number of hydrogen-bond donors (Lipinski definition) is 1. The molecule has 0 aromatic heterocycles. The molecule has 2 atom stereocenters. The SMILES string of the molecule is CCC(CCN)N1CCCN(CC2CCOC2)CC1. The van der Waals surface area contributed by atoms with Crippen LogP contribution >= 0.6 is 0 Å². The summed E-state index contributed by atoms with van der Waals surface area (Å²) < 4.78 is 5.49. The average Bonchev–Trinajstić information content (AvgIpc) is 2.82. The van der Waals surface area contributed by atoms with Crippen molar-refractivity contribution in [3.8, 4) is 0 Å². The van der Waals surface area contributed by atoms with E-state index in [-0.39, 0.29) is 0 Å². The number of ether oxygens (including phenoxy) is 1. The van der Waals surface area contributed by atoms with Crippen molar-refractivity contribution in [2.24, 2.45) is 11.7 Å². The van der Waals surface area contributed by atoms with Gasteiger partial charge in [-0.2, -0.15) is 0 Å². The number of nitrogens with two attached hydrogens (primary N) is 1. The van der Waals surface area contributed by atoms with E-state index in [0.29, 0.717) is 6.04 Å².